The summed E-state index contributed by atoms with van der Waals surface area (Å²) in [5.74, 6) is 5.88. The Labute approximate surface area is 274 Å². The van der Waals surface area contributed by atoms with Crippen LogP contribution in [-0.4, -0.2) is 0 Å². The van der Waals surface area contributed by atoms with E-state index >= 15 is 0 Å². The van der Waals surface area contributed by atoms with Gasteiger partial charge >= 0.3 is 0 Å². The molecule has 0 fully saturated rings. The Bertz CT molecular complexity index is 2120. The summed E-state index contributed by atoms with van der Waals surface area (Å²) in [5.41, 5.74) is 6.46. The fourth-order valence-electron chi connectivity index (χ4n) is 7.35. The Morgan fingerprint density at radius 1 is 0.340 bits per heavy atom. The quantitative estimate of drug-likeness (QED) is 0.198. The van der Waals surface area contributed by atoms with Gasteiger partial charge in [-0.3, -0.25) is 4.90 Å². The van der Waals surface area contributed by atoms with Crippen molar-refractivity contribution in [3.05, 3.63) is 150 Å². The third-order valence-corrected chi connectivity index (χ3v) is 9.84. The lowest BCUT2D eigenvalue weighted by Crippen LogP contribution is -2.27. The van der Waals surface area contributed by atoms with Crippen molar-refractivity contribution >= 4 is 17.1 Å². The summed E-state index contributed by atoms with van der Waals surface area (Å²) < 4.78 is 26.8. The van der Waals surface area contributed by atoms with E-state index in [2.05, 4.69) is 99.3 Å². The van der Waals surface area contributed by atoms with Crippen molar-refractivity contribution in [2.75, 3.05) is 4.90 Å². The zero-order chi connectivity index (χ0) is 31.9. The molecule has 0 unspecified atom stereocenters. The van der Waals surface area contributed by atoms with Gasteiger partial charge in [0.1, 0.15) is 11.5 Å². The highest BCUT2D eigenvalue weighted by Crippen LogP contribution is 2.60. The zero-order valence-electron chi connectivity index (χ0n) is 26.7. The molecule has 0 aliphatic carbocycles. The summed E-state index contributed by atoms with van der Waals surface area (Å²) >= 11 is 0. The first-order valence-electron chi connectivity index (χ1n) is 16.0. The normalized spacial score (nSPS) is 15.4. The van der Waals surface area contributed by atoms with Crippen LogP contribution in [0.5, 0.6) is 46.0 Å². The fourth-order valence-corrected chi connectivity index (χ4v) is 7.35. The van der Waals surface area contributed by atoms with Gasteiger partial charge in [0.15, 0.2) is 34.5 Å². The Kier molecular flexibility index (Phi) is 5.82. The van der Waals surface area contributed by atoms with E-state index in [-0.39, 0.29) is 10.8 Å². The van der Waals surface area contributed by atoms with Crippen LogP contribution in [0, 0.1) is 0 Å². The van der Waals surface area contributed by atoms with Gasteiger partial charge in [0, 0.05) is 33.1 Å². The molecular formula is C42H33NO4. The monoisotopic (exact) mass is 615 g/mol. The molecule has 5 heteroatoms. The van der Waals surface area contributed by atoms with E-state index in [1.807, 2.05) is 60.7 Å². The lowest BCUT2D eigenvalue weighted by Gasteiger charge is -2.40. The molecule has 3 heterocycles. The van der Waals surface area contributed by atoms with Crippen LogP contribution in [0.25, 0.3) is 0 Å². The molecule has 0 N–H and O–H groups in total. The van der Waals surface area contributed by atoms with Crippen molar-refractivity contribution < 1.29 is 18.9 Å². The molecule has 0 spiro atoms. The van der Waals surface area contributed by atoms with Crippen molar-refractivity contribution in [2.24, 2.45) is 0 Å². The number of hydrogen-bond acceptors (Lipinski definition) is 5. The van der Waals surface area contributed by atoms with Crippen molar-refractivity contribution in [2.45, 2.75) is 38.5 Å². The van der Waals surface area contributed by atoms with Crippen LogP contribution in [0.15, 0.2) is 127 Å². The van der Waals surface area contributed by atoms with Crippen LogP contribution < -0.4 is 23.8 Å². The maximum atomic E-state index is 6.86. The molecule has 5 nitrogen and oxygen atoms in total. The first-order valence-corrected chi connectivity index (χ1v) is 16.0. The molecule has 3 aliphatic heterocycles. The van der Waals surface area contributed by atoms with Crippen LogP contribution in [-0.2, 0) is 10.8 Å². The molecule has 0 saturated heterocycles. The second-order valence-electron chi connectivity index (χ2n) is 13.3. The minimum atomic E-state index is -0.298. The van der Waals surface area contributed by atoms with Crippen molar-refractivity contribution in [3.8, 4) is 46.0 Å². The van der Waals surface area contributed by atoms with E-state index in [0.717, 1.165) is 62.3 Å². The summed E-state index contributed by atoms with van der Waals surface area (Å²) in [7, 11) is 0. The molecule has 0 atom stereocenters. The highest BCUT2D eigenvalue weighted by atomic mass is 16.6. The number of fused-ring (bicyclic) bond motifs is 6. The Morgan fingerprint density at radius 2 is 0.702 bits per heavy atom. The van der Waals surface area contributed by atoms with Crippen molar-refractivity contribution in [1.29, 1.82) is 0 Å². The lowest BCUT2D eigenvalue weighted by molar-refractivity contribution is 0.360. The zero-order valence-corrected chi connectivity index (χ0v) is 26.7. The van der Waals surface area contributed by atoms with Gasteiger partial charge in [0.2, 0.25) is 0 Å². The average Bonchev–Trinajstić information content (AvgIpc) is 3.08. The van der Waals surface area contributed by atoms with Gasteiger partial charge in [-0.1, -0.05) is 107 Å². The molecule has 0 bridgehead atoms. The second kappa shape index (κ2) is 9.91. The maximum absolute atomic E-state index is 6.86. The number of nitrogens with zero attached hydrogens (tertiary/aromatic N) is 1. The molecule has 6 aromatic carbocycles. The van der Waals surface area contributed by atoms with E-state index in [4.69, 9.17) is 18.9 Å². The highest BCUT2D eigenvalue weighted by Gasteiger charge is 2.40. The smallest absolute Gasteiger partial charge is 0.194 e. The first kappa shape index (κ1) is 27.6. The first-order chi connectivity index (χ1) is 22.8. The summed E-state index contributed by atoms with van der Waals surface area (Å²) in [5, 5.41) is 0. The minimum absolute atomic E-state index is 0.298. The van der Waals surface area contributed by atoms with Gasteiger partial charge in [-0.2, -0.15) is 0 Å². The summed E-state index contributed by atoms with van der Waals surface area (Å²) in [6, 6.07) is 43.1. The van der Waals surface area contributed by atoms with Crippen LogP contribution in [0.2, 0.25) is 0 Å². The van der Waals surface area contributed by atoms with Gasteiger partial charge in [-0.25, -0.2) is 0 Å². The van der Waals surface area contributed by atoms with Crippen LogP contribution >= 0.6 is 0 Å². The third-order valence-electron chi connectivity index (χ3n) is 9.84. The molecular weight excluding hydrogens is 582 g/mol. The van der Waals surface area contributed by atoms with E-state index in [0.29, 0.717) is 23.0 Å². The molecule has 0 radical (unpaired) electrons. The van der Waals surface area contributed by atoms with Gasteiger partial charge in [-0.15, -0.1) is 0 Å². The Balaban J connectivity index is 1.32. The van der Waals surface area contributed by atoms with Crippen molar-refractivity contribution in [1.82, 2.24) is 0 Å². The lowest BCUT2D eigenvalue weighted by atomic mass is 9.75. The van der Waals surface area contributed by atoms with E-state index in [9.17, 15) is 0 Å². The Morgan fingerprint density at radius 3 is 1.23 bits per heavy atom. The van der Waals surface area contributed by atoms with E-state index in [1.165, 1.54) is 0 Å². The van der Waals surface area contributed by atoms with Gasteiger partial charge < -0.3 is 18.9 Å². The fraction of sp³-hybridized carbons (Fsp3) is 0.143. The molecule has 3 aliphatic rings. The summed E-state index contributed by atoms with van der Waals surface area (Å²) in [4.78, 5) is 2.21. The van der Waals surface area contributed by atoms with E-state index < -0.39 is 0 Å². The number of rotatable bonds is 3. The van der Waals surface area contributed by atoms with Crippen LogP contribution in [0.1, 0.15) is 49.9 Å². The molecule has 6 aromatic rings. The van der Waals surface area contributed by atoms with Gasteiger partial charge in [-0.05, 0) is 48.5 Å². The topological polar surface area (TPSA) is 40.2 Å². The highest BCUT2D eigenvalue weighted by molar-refractivity contribution is 5.90. The molecule has 47 heavy (non-hydrogen) atoms. The number of ether oxygens (including phenoxy) is 4. The minimum Gasteiger partial charge on any atom is -0.455 e. The predicted octanol–water partition coefficient (Wildman–Crippen LogP) is 11.9. The Hall–Kier alpha value is -5.68. The third kappa shape index (κ3) is 4.02. The SMILES string of the molecule is CC1(C)c2ccccc2Oc2c(N(c3cccc4c3Oc3ccccc3O4)c3cccc4c3Oc3ccccc3C4(C)C)cccc21. The predicted molar refractivity (Wildman–Crippen MR) is 185 cm³/mol. The summed E-state index contributed by atoms with van der Waals surface area (Å²) in [6.07, 6.45) is 0. The standard InChI is InChI=1S/C42H33NO4/c1-41(2)26-14-5-7-21-33(26)45-38-28(41)16-11-18-30(38)43(32-20-13-25-37-40(32)47-36-24-10-9-23-35(36)44-37)31-19-12-17-29-39(31)46-34-22-8-6-15-27(34)42(29,3)4/h5-25H,1-4H3. The van der Waals surface area contributed by atoms with Crippen LogP contribution in [0.4, 0.5) is 17.1 Å². The largest absolute Gasteiger partial charge is 0.455 e. The molecule has 0 amide bonds. The van der Waals surface area contributed by atoms with Gasteiger partial charge in [0.05, 0.1) is 17.1 Å². The number of para-hydroxylation sites is 7. The number of hydrogen-bond donors (Lipinski definition) is 0. The van der Waals surface area contributed by atoms with E-state index in [1.54, 1.807) is 0 Å². The molecule has 0 saturated carbocycles. The average molecular weight is 616 g/mol. The summed E-state index contributed by atoms with van der Waals surface area (Å²) in [6.45, 7) is 9.03. The van der Waals surface area contributed by atoms with Crippen LogP contribution in [0.3, 0.4) is 0 Å². The number of benzene rings is 6. The molecule has 0 aromatic heterocycles. The van der Waals surface area contributed by atoms with Crippen molar-refractivity contribution in [3.63, 3.8) is 0 Å². The molecule has 9 rings (SSSR count). The second-order valence-corrected chi connectivity index (χ2v) is 13.3. The maximum Gasteiger partial charge on any atom is 0.194 e. The number of anilines is 3. The van der Waals surface area contributed by atoms with Gasteiger partial charge in [0.25, 0.3) is 0 Å². The molecule has 230 valence electrons.